The van der Waals surface area contributed by atoms with E-state index < -0.39 is 0 Å². The first kappa shape index (κ1) is 14.6. The quantitative estimate of drug-likeness (QED) is 0.836. The molecule has 0 aliphatic carbocycles. The zero-order chi connectivity index (χ0) is 14.5. The van der Waals surface area contributed by atoms with Crippen molar-refractivity contribution in [2.75, 3.05) is 26.3 Å². The highest BCUT2D eigenvalue weighted by Gasteiger charge is 2.29. The fraction of sp³-hybridized carbons (Fsp3) is 0.611. The zero-order valence-corrected chi connectivity index (χ0v) is 12.7. The van der Waals surface area contributed by atoms with E-state index in [4.69, 9.17) is 4.74 Å². The standard InChI is InChI=1S/C18H25NO2/c20-18(16-9-12-21-13-10-16)19-11-5-4-8-17(14-19)15-6-2-1-3-7-15/h1-3,6-7,16-17H,4-5,8-14H2/t17-/m1/s1. The van der Waals surface area contributed by atoms with Crippen LogP contribution in [0.5, 0.6) is 0 Å². The number of benzene rings is 1. The monoisotopic (exact) mass is 287 g/mol. The lowest BCUT2D eigenvalue weighted by Gasteiger charge is -2.30. The predicted octanol–water partition coefficient (Wildman–Crippen LogP) is 3.21. The third-order valence-electron chi connectivity index (χ3n) is 4.82. The molecule has 1 aromatic rings. The van der Waals surface area contributed by atoms with Gasteiger partial charge in [-0.1, -0.05) is 36.8 Å². The van der Waals surface area contributed by atoms with Crippen LogP contribution in [-0.2, 0) is 9.53 Å². The normalized spacial score (nSPS) is 24.6. The van der Waals surface area contributed by atoms with Gasteiger partial charge in [0, 0.05) is 38.1 Å². The molecule has 3 nitrogen and oxygen atoms in total. The van der Waals surface area contributed by atoms with Crippen molar-refractivity contribution >= 4 is 5.91 Å². The molecule has 2 aliphatic rings. The SMILES string of the molecule is O=C(C1CCOCC1)N1CCCC[C@@H](c2ccccc2)C1. The van der Waals surface area contributed by atoms with Crippen LogP contribution in [0.2, 0.25) is 0 Å². The maximum absolute atomic E-state index is 12.8. The average molecular weight is 287 g/mol. The lowest BCUT2D eigenvalue weighted by molar-refractivity contribution is -0.138. The molecule has 3 rings (SSSR count). The highest BCUT2D eigenvalue weighted by Crippen LogP contribution is 2.28. The fourth-order valence-corrected chi connectivity index (χ4v) is 3.54. The number of rotatable bonds is 2. The van der Waals surface area contributed by atoms with E-state index in [9.17, 15) is 4.79 Å². The number of nitrogens with zero attached hydrogens (tertiary/aromatic N) is 1. The molecule has 0 unspecified atom stereocenters. The maximum atomic E-state index is 12.8. The van der Waals surface area contributed by atoms with Gasteiger partial charge in [-0.2, -0.15) is 0 Å². The summed E-state index contributed by atoms with van der Waals surface area (Å²) in [6, 6.07) is 10.7. The third kappa shape index (κ3) is 3.65. The summed E-state index contributed by atoms with van der Waals surface area (Å²) in [4.78, 5) is 14.9. The van der Waals surface area contributed by atoms with E-state index in [1.54, 1.807) is 0 Å². The van der Waals surface area contributed by atoms with Crippen LogP contribution in [0.3, 0.4) is 0 Å². The highest BCUT2D eigenvalue weighted by molar-refractivity contribution is 5.79. The molecule has 0 bridgehead atoms. The van der Waals surface area contributed by atoms with Gasteiger partial charge in [-0.05, 0) is 31.2 Å². The molecule has 1 aromatic carbocycles. The Morgan fingerprint density at radius 3 is 2.57 bits per heavy atom. The molecular formula is C18H25NO2. The predicted molar refractivity (Wildman–Crippen MR) is 83.2 cm³/mol. The second-order valence-corrected chi connectivity index (χ2v) is 6.27. The Morgan fingerprint density at radius 2 is 1.81 bits per heavy atom. The van der Waals surface area contributed by atoms with Crippen LogP contribution >= 0.6 is 0 Å². The maximum Gasteiger partial charge on any atom is 0.225 e. The third-order valence-corrected chi connectivity index (χ3v) is 4.82. The first-order chi connectivity index (χ1) is 10.3. The van der Waals surface area contributed by atoms with Gasteiger partial charge >= 0.3 is 0 Å². The summed E-state index contributed by atoms with van der Waals surface area (Å²) in [5.74, 6) is 1.05. The van der Waals surface area contributed by atoms with Crippen molar-refractivity contribution in [3.05, 3.63) is 35.9 Å². The first-order valence-electron chi connectivity index (χ1n) is 8.26. The Labute approximate surface area is 127 Å². The fourth-order valence-electron chi connectivity index (χ4n) is 3.54. The number of carbonyl (C=O) groups is 1. The molecule has 0 radical (unpaired) electrons. The van der Waals surface area contributed by atoms with Crippen LogP contribution in [0.25, 0.3) is 0 Å². The van der Waals surface area contributed by atoms with E-state index in [-0.39, 0.29) is 5.92 Å². The van der Waals surface area contributed by atoms with Gasteiger partial charge in [0.1, 0.15) is 0 Å². The van der Waals surface area contributed by atoms with Crippen LogP contribution in [-0.4, -0.2) is 37.1 Å². The summed E-state index contributed by atoms with van der Waals surface area (Å²) < 4.78 is 5.38. The molecule has 114 valence electrons. The highest BCUT2D eigenvalue weighted by atomic mass is 16.5. The number of hydrogen-bond donors (Lipinski definition) is 0. The minimum Gasteiger partial charge on any atom is -0.381 e. The molecule has 2 heterocycles. The van der Waals surface area contributed by atoms with E-state index in [2.05, 4.69) is 35.2 Å². The Kier molecular flexibility index (Phi) is 4.91. The Hall–Kier alpha value is -1.35. The molecule has 2 saturated heterocycles. The van der Waals surface area contributed by atoms with E-state index >= 15 is 0 Å². The van der Waals surface area contributed by atoms with E-state index in [1.165, 1.54) is 18.4 Å². The van der Waals surface area contributed by atoms with E-state index in [0.717, 1.165) is 45.6 Å². The molecule has 2 aliphatic heterocycles. The van der Waals surface area contributed by atoms with Gasteiger partial charge in [-0.15, -0.1) is 0 Å². The number of carbonyl (C=O) groups excluding carboxylic acids is 1. The summed E-state index contributed by atoms with van der Waals surface area (Å²) in [5.41, 5.74) is 1.38. The smallest absolute Gasteiger partial charge is 0.225 e. The van der Waals surface area contributed by atoms with Crippen LogP contribution < -0.4 is 0 Å². The Balaban J connectivity index is 1.68. The zero-order valence-electron chi connectivity index (χ0n) is 12.7. The van der Waals surface area contributed by atoms with Crippen LogP contribution in [0.4, 0.5) is 0 Å². The van der Waals surface area contributed by atoms with Gasteiger partial charge in [-0.25, -0.2) is 0 Å². The van der Waals surface area contributed by atoms with Crippen LogP contribution in [0.15, 0.2) is 30.3 Å². The van der Waals surface area contributed by atoms with Crippen molar-refractivity contribution in [2.45, 2.75) is 38.0 Å². The number of likely N-dealkylation sites (tertiary alicyclic amines) is 1. The van der Waals surface area contributed by atoms with Crippen LogP contribution in [0, 0.1) is 5.92 Å². The van der Waals surface area contributed by atoms with Gasteiger partial charge in [0.25, 0.3) is 0 Å². The average Bonchev–Trinajstić information content (AvgIpc) is 2.82. The van der Waals surface area contributed by atoms with Crippen LogP contribution in [0.1, 0.15) is 43.6 Å². The van der Waals surface area contributed by atoms with E-state index in [0.29, 0.717) is 11.8 Å². The topological polar surface area (TPSA) is 29.5 Å². The molecule has 2 fully saturated rings. The van der Waals surface area contributed by atoms with Gasteiger partial charge < -0.3 is 9.64 Å². The lowest BCUT2D eigenvalue weighted by atomic mass is 9.93. The van der Waals surface area contributed by atoms with Crippen molar-refractivity contribution < 1.29 is 9.53 Å². The molecular weight excluding hydrogens is 262 g/mol. The molecule has 21 heavy (non-hydrogen) atoms. The summed E-state index contributed by atoms with van der Waals surface area (Å²) >= 11 is 0. The molecule has 0 saturated carbocycles. The van der Waals surface area contributed by atoms with Crippen molar-refractivity contribution in [3.8, 4) is 0 Å². The molecule has 0 spiro atoms. The first-order valence-corrected chi connectivity index (χ1v) is 8.26. The van der Waals surface area contributed by atoms with Crippen molar-refractivity contribution in [2.24, 2.45) is 5.92 Å². The molecule has 3 heteroatoms. The molecule has 1 atom stereocenters. The number of ether oxygens (including phenoxy) is 1. The second kappa shape index (κ2) is 7.08. The van der Waals surface area contributed by atoms with Gasteiger partial charge in [0.05, 0.1) is 0 Å². The summed E-state index contributed by atoms with van der Waals surface area (Å²) in [5, 5.41) is 0. The molecule has 1 amide bonds. The Bertz CT molecular complexity index is 454. The van der Waals surface area contributed by atoms with Crippen molar-refractivity contribution in [3.63, 3.8) is 0 Å². The minimum atomic E-state index is 0.188. The van der Waals surface area contributed by atoms with Gasteiger partial charge in [-0.3, -0.25) is 4.79 Å². The lowest BCUT2D eigenvalue weighted by Crippen LogP contribution is -2.40. The molecule has 0 N–H and O–H groups in total. The van der Waals surface area contributed by atoms with Gasteiger partial charge in [0.2, 0.25) is 5.91 Å². The van der Waals surface area contributed by atoms with Gasteiger partial charge in [0.15, 0.2) is 0 Å². The van der Waals surface area contributed by atoms with Crippen molar-refractivity contribution in [1.82, 2.24) is 4.90 Å². The minimum absolute atomic E-state index is 0.188. The Morgan fingerprint density at radius 1 is 1.05 bits per heavy atom. The number of hydrogen-bond acceptors (Lipinski definition) is 2. The second-order valence-electron chi connectivity index (χ2n) is 6.27. The van der Waals surface area contributed by atoms with Crippen molar-refractivity contribution in [1.29, 1.82) is 0 Å². The summed E-state index contributed by atoms with van der Waals surface area (Å²) in [6.45, 7) is 3.30. The number of amides is 1. The summed E-state index contributed by atoms with van der Waals surface area (Å²) in [6.07, 6.45) is 5.34. The summed E-state index contributed by atoms with van der Waals surface area (Å²) in [7, 11) is 0. The largest absolute Gasteiger partial charge is 0.381 e. The molecule has 0 aromatic heterocycles. The van der Waals surface area contributed by atoms with E-state index in [1.807, 2.05) is 0 Å².